The Morgan fingerprint density at radius 3 is 2.62 bits per heavy atom. The van der Waals surface area contributed by atoms with Gasteiger partial charge in [-0.25, -0.2) is 0 Å². The Balaban J connectivity index is 2.07. The van der Waals surface area contributed by atoms with Gasteiger partial charge in [0.15, 0.2) is 6.29 Å². The highest BCUT2D eigenvalue weighted by molar-refractivity contribution is 6.00. The molecule has 2 fully saturated rings. The van der Waals surface area contributed by atoms with Gasteiger partial charge < -0.3 is 15.0 Å². The second-order valence-electron chi connectivity index (χ2n) is 4.39. The Hall–Kier alpha value is -0.940. The van der Waals surface area contributed by atoms with Crippen molar-refractivity contribution in [1.82, 2.24) is 10.2 Å². The Labute approximate surface area is 95.1 Å². The van der Waals surface area contributed by atoms with Gasteiger partial charge in [0, 0.05) is 26.2 Å². The molecule has 0 saturated carbocycles. The summed E-state index contributed by atoms with van der Waals surface area (Å²) >= 11 is 0. The lowest BCUT2D eigenvalue weighted by Gasteiger charge is -2.37. The Morgan fingerprint density at radius 1 is 1.31 bits per heavy atom. The zero-order valence-corrected chi connectivity index (χ0v) is 9.41. The maximum Gasteiger partial charge on any atom is 0.263 e. The fraction of sp³-hybridized carbons (Fsp3) is 0.818. The molecule has 0 aliphatic carbocycles. The highest BCUT2D eigenvalue weighted by Crippen LogP contribution is 2.18. The van der Waals surface area contributed by atoms with Gasteiger partial charge in [-0.05, 0) is 19.3 Å². The molecule has 0 aromatic heterocycles. The van der Waals surface area contributed by atoms with Crippen LogP contribution in [0.25, 0.3) is 0 Å². The molecule has 2 aliphatic rings. The predicted octanol–water partition coefficient (Wildman–Crippen LogP) is -0.444. The second-order valence-corrected chi connectivity index (χ2v) is 4.39. The van der Waals surface area contributed by atoms with Crippen molar-refractivity contribution < 1.29 is 14.3 Å². The molecule has 0 aromatic rings. The molecule has 0 aromatic carbocycles. The van der Waals surface area contributed by atoms with Crippen LogP contribution in [0.2, 0.25) is 0 Å². The van der Waals surface area contributed by atoms with Gasteiger partial charge in [0.05, 0.1) is 6.61 Å². The van der Waals surface area contributed by atoms with Crippen LogP contribution in [-0.2, 0) is 14.3 Å². The van der Waals surface area contributed by atoms with Crippen LogP contribution in [0, 0.1) is 0 Å². The van der Waals surface area contributed by atoms with E-state index in [0.717, 1.165) is 32.4 Å². The minimum Gasteiger partial charge on any atom is -0.355 e. The van der Waals surface area contributed by atoms with Crippen LogP contribution in [0.3, 0.4) is 0 Å². The number of morpholine rings is 1. The molecule has 16 heavy (non-hydrogen) atoms. The van der Waals surface area contributed by atoms with Gasteiger partial charge in [-0.2, -0.15) is 0 Å². The highest BCUT2D eigenvalue weighted by atomic mass is 16.5. The van der Waals surface area contributed by atoms with Crippen molar-refractivity contribution in [2.45, 2.75) is 24.9 Å². The lowest BCUT2D eigenvalue weighted by atomic mass is 10.0. The van der Waals surface area contributed by atoms with Crippen molar-refractivity contribution in [3.05, 3.63) is 0 Å². The molecule has 2 saturated heterocycles. The maximum atomic E-state index is 12.2. The summed E-state index contributed by atoms with van der Waals surface area (Å²) in [6.07, 6.45) is 3.86. The van der Waals surface area contributed by atoms with E-state index in [4.69, 9.17) is 4.74 Å². The van der Waals surface area contributed by atoms with E-state index in [-0.39, 0.29) is 5.91 Å². The van der Waals surface area contributed by atoms with Gasteiger partial charge in [-0.15, -0.1) is 0 Å². The molecule has 5 nitrogen and oxygen atoms in total. The standard InChI is InChI=1S/C11H18N2O3/c14-9-11(8-12-4-7-16-11)10(15)13-5-2-1-3-6-13/h9,12H,1-8H2. The van der Waals surface area contributed by atoms with E-state index < -0.39 is 5.60 Å². The highest BCUT2D eigenvalue weighted by Gasteiger charge is 2.43. The number of likely N-dealkylation sites (tertiary alicyclic amines) is 1. The van der Waals surface area contributed by atoms with Crippen molar-refractivity contribution in [3.63, 3.8) is 0 Å². The van der Waals surface area contributed by atoms with Crippen LogP contribution >= 0.6 is 0 Å². The van der Waals surface area contributed by atoms with Gasteiger partial charge >= 0.3 is 0 Å². The summed E-state index contributed by atoms with van der Waals surface area (Å²) in [6, 6.07) is 0. The molecule has 2 heterocycles. The zero-order chi connectivity index (χ0) is 11.4. The number of rotatable bonds is 2. The van der Waals surface area contributed by atoms with E-state index in [9.17, 15) is 9.59 Å². The smallest absolute Gasteiger partial charge is 0.263 e. The van der Waals surface area contributed by atoms with Crippen LogP contribution < -0.4 is 5.32 Å². The van der Waals surface area contributed by atoms with Crippen molar-refractivity contribution in [2.24, 2.45) is 0 Å². The van der Waals surface area contributed by atoms with Gasteiger partial charge in [-0.3, -0.25) is 9.59 Å². The molecule has 0 bridgehead atoms. The predicted molar refractivity (Wildman–Crippen MR) is 58.0 cm³/mol. The first-order valence-electron chi connectivity index (χ1n) is 5.89. The van der Waals surface area contributed by atoms with E-state index in [1.165, 1.54) is 0 Å². The monoisotopic (exact) mass is 226 g/mol. The van der Waals surface area contributed by atoms with Crippen molar-refractivity contribution in [1.29, 1.82) is 0 Å². The van der Waals surface area contributed by atoms with Crippen LogP contribution in [0.5, 0.6) is 0 Å². The number of amides is 1. The topological polar surface area (TPSA) is 58.6 Å². The number of carbonyl (C=O) groups is 2. The lowest BCUT2D eigenvalue weighted by Crippen LogP contribution is -2.61. The molecule has 1 unspecified atom stereocenters. The number of hydrogen-bond donors (Lipinski definition) is 1. The molecular formula is C11H18N2O3. The minimum absolute atomic E-state index is 0.172. The maximum absolute atomic E-state index is 12.2. The zero-order valence-electron chi connectivity index (χ0n) is 9.41. The first-order chi connectivity index (χ1) is 7.78. The van der Waals surface area contributed by atoms with Crippen LogP contribution in [0.4, 0.5) is 0 Å². The summed E-state index contributed by atoms with van der Waals surface area (Å²) < 4.78 is 5.41. The summed E-state index contributed by atoms with van der Waals surface area (Å²) in [5.74, 6) is -0.172. The molecule has 1 N–H and O–H groups in total. The Morgan fingerprint density at radius 2 is 2.06 bits per heavy atom. The molecule has 2 aliphatic heterocycles. The van der Waals surface area contributed by atoms with E-state index in [2.05, 4.69) is 5.32 Å². The van der Waals surface area contributed by atoms with Gasteiger partial charge in [0.1, 0.15) is 0 Å². The fourth-order valence-corrected chi connectivity index (χ4v) is 2.26. The van der Waals surface area contributed by atoms with Crippen LogP contribution in [-0.4, -0.2) is 55.5 Å². The Kier molecular flexibility index (Phi) is 3.56. The molecular weight excluding hydrogens is 208 g/mol. The fourth-order valence-electron chi connectivity index (χ4n) is 2.26. The third-order valence-corrected chi connectivity index (χ3v) is 3.22. The first kappa shape index (κ1) is 11.5. The van der Waals surface area contributed by atoms with Crippen LogP contribution in [0.1, 0.15) is 19.3 Å². The van der Waals surface area contributed by atoms with Gasteiger partial charge in [0.25, 0.3) is 5.91 Å². The number of piperidine rings is 1. The molecule has 2 rings (SSSR count). The number of hydrogen-bond acceptors (Lipinski definition) is 4. The summed E-state index contributed by atoms with van der Waals surface area (Å²) in [6.45, 7) is 2.91. The minimum atomic E-state index is -1.27. The van der Waals surface area contributed by atoms with Gasteiger partial charge in [-0.1, -0.05) is 0 Å². The van der Waals surface area contributed by atoms with Gasteiger partial charge in [0.2, 0.25) is 5.60 Å². The van der Waals surface area contributed by atoms with Crippen molar-refractivity contribution >= 4 is 12.2 Å². The third kappa shape index (κ3) is 2.10. The largest absolute Gasteiger partial charge is 0.355 e. The van der Waals surface area contributed by atoms with Crippen molar-refractivity contribution in [2.75, 3.05) is 32.8 Å². The average Bonchev–Trinajstić information content (AvgIpc) is 2.39. The van der Waals surface area contributed by atoms with E-state index in [0.29, 0.717) is 26.0 Å². The number of aldehydes is 1. The number of nitrogens with one attached hydrogen (secondary N) is 1. The number of ether oxygens (including phenoxy) is 1. The summed E-state index contributed by atoms with van der Waals surface area (Å²) in [4.78, 5) is 25.1. The first-order valence-corrected chi connectivity index (χ1v) is 5.89. The molecule has 0 spiro atoms. The molecule has 1 atom stereocenters. The normalized spacial score (nSPS) is 31.1. The molecule has 90 valence electrons. The summed E-state index contributed by atoms with van der Waals surface area (Å²) in [5, 5.41) is 3.04. The van der Waals surface area contributed by atoms with E-state index >= 15 is 0 Å². The number of nitrogens with zero attached hydrogens (tertiary/aromatic N) is 1. The molecule has 1 amide bonds. The van der Waals surface area contributed by atoms with E-state index in [1.54, 1.807) is 4.90 Å². The van der Waals surface area contributed by atoms with Crippen LogP contribution in [0.15, 0.2) is 0 Å². The second kappa shape index (κ2) is 4.93. The van der Waals surface area contributed by atoms with Crippen molar-refractivity contribution in [3.8, 4) is 0 Å². The SMILES string of the molecule is O=CC1(C(=O)N2CCCCC2)CNCCO1. The van der Waals surface area contributed by atoms with E-state index in [1.807, 2.05) is 0 Å². The summed E-state index contributed by atoms with van der Waals surface area (Å²) in [7, 11) is 0. The third-order valence-electron chi connectivity index (χ3n) is 3.22. The Bertz CT molecular complexity index is 268. The lowest BCUT2D eigenvalue weighted by molar-refractivity contribution is -0.165. The average molecular weight is 226 g/mol. The number of carbonyl (C=O) groups excluding carboxylic acids is 2. The molecule has 5 heteroatoms. The summed E-state index contributed by atoms with van der Waals surface area (Å²) in [5.41, 5.74) is -1.27. The molecule has 0 radical (unpaired) electrons. The quantitative estimate of drug-likeness (QED) is 0.512.